The van der Waals surface area contributed by atoms with Gasteiger partial charge in [0.1, 0.15) is 0 Å². The Balaban J connectivity index is 1.89. The third-order valence-electron chi connectivity index (χ3n) is 3.75. The number of aromatic nitrogens is 1. The van der Waals surface area contributed by atoms with Gasteiger partial charge in [-0.05, 0) is 35.9 Å². The minimum Gasteiger partial charge on any atom is -0.354 e. The van der Waals surface area contributed by atoms with Crippen molar-refractivity contribution in [3.8, 4) is 11.3 Å². The first-order chi connectivity index (χ1) is 11.3. The van der Waals surface area contributed by atoms with Crippen LogP contribution in [0.15, 0.2) is 93.1 Å². The molecule has 1 aromatic heterocycles. The lowest BCUT2D eigenvalue weighted by Crippen LogP contribution is -1.80. The second-order valence-corrected chi connectivity index (χ2v) is 7.30. The topological polar surface area (TPSA) is 15.8 Å². The molecule has 23 heavy (non-hydrogen) atoms. The Bertz CT molecular complexity index is 942. The fourth-order valence-electron chi connectivity index (χ4n) is 2.65. The van der Waals surface area contributed by atoms with Crippen LogP contribution in [0.2, 0.25) is 0 Å². The van der Waals surface area contributed by atoms with E-state index in [-0.39, 0.29) is 0 Å². The molecule has 3 heteroatoms. The smallest absolute Gasteiger partial charge is 0.0606 e. The summed E-state index contributed by atoms with van der Waals surface area (Å²) in [7, 11) is 0. The number of H-pyrrole nitrogens is 1. The van der Waals surface area contributed by atoms with Crippen LogP contribution in [-0.4, -0.2) is 4.98 Å². The number of fused-ring (bicyclic) bond motifs is 1. The fraction of sp³-hybridized carbons (Fsp3) is 0. The van der Waals surface area contributed by atoms with E-state index in [1.54, 1.807) is 11.8 Å². The van der Waals surface area contributed by atoms with Gasteiger partial charge in [-0.1, -0.05) is 76.2 Å². The molecular weight excluding hydrogens is 366 g/mol. The van der Waals surface area contributed by atoms with Crippen molar-refractivity contribution < 1.29 is 0 Å². The van der Waals surface area contributed by atoms with Crippen molar-refractivity contribution in [1.82, 2.24) is 4.98 Å². The SMILES string of the molecule is Brc1ccc(-c2[nH]c3ccccc3c2Sc2ccccc2)cc1. The Hall–Kier alpha value is -1.97. The Labute approximate surface area is 147 Å². The van der Waals surface area contributed by atoms with E-state index in [1.165, 1.54) is 32.0 Å². The summed E-state index contributed by atoms with van der Waals surface area (Å²) in [6.07, 6.45) is 0. The van der Waals surface area contributed by atoms with Crippen LogP contribution in [0.5, 0.6) is 0 Å². The van der Waals surface area contributed by atoms with Crippen molar-refractivity contribution in [3.05, 3.63) is 83.3 Å². The third-order valence-corrected chi connectivity index (χ3v) is 5.42. The summed E-state index contributed by atoms with van der Waals surface area (Å²) in [6, 6.07) is 27.4. The minimum absolute atomic E-state index is 1.09. The zero-order valence-electron chi connectivity index (χ0n) is 12.3. The monoisotopic (exact) mass is 379 g/mol. The maximum Gasteiger partial charge on any atom is 0.0606 e. The van der Waals surface area contributed by atoms with E-state index < -0.39 is 0 Å². The molecule has 0 aliphatic heterocycles. The molecular formula is C20H14BrNS. The first-order valence-corrected chi connectivity index (χ1v) is 9.02. The summed E-state index contributed by atoms with van der Waals surface area (Å²) in [5.74, 6) is 0. The van der Waals surface area contributed by atoms with Gasteiger partial charge in [0, 0.05) is 25.2 Å². The summed E-state index contributed by atoms with van der Waals surface area (Å²) in [4.78, 5) is 6.10. The van der Waals surface area contributed by atoms with Crippen molar-refractivity contribution in [2.45, 2.75) is 9.79 Å². The molecule has 1 heterocycles. The fourth-order valence-corrected chi connectivity index (χ4v) is 4.00. The predicted molar refractivity (Wildman–Crippen MR) is 102 cm³/mol. The molecule has 4 rings (SSSR count). The first-order valence-electron chi connectivity index (χ1n) is 7.41. The largest absolute Gasteiger partial charge is 0.354 e. The number of hydrogen-bond acceptors (Lipinski definition) is 1. The zero-order chi connectivity index (χ0) is 15.6. The van der Waals surface area contributed by atoms with Crippen molar-refractivity contribution >= 4 is 38.6 Å². The molecule has 112 valence electrons. The Kier molecular flexibility index (Phi) is 3.98. The first kappa shape index (κ1) is 14.6. The van der Waals surface area contributed by atoms with Crippen LogP contribution >= 0.6 is 27.7 Å². The Morgan fingerprint density at radius 1 is 0.739 bits per heavy atom. The van der Waals surface area contributed by atoms with Gasteiger partial charge in [-0.25, -0.2) is 0 Å². The molecule has 0 saturated carbocycles. The van der Waals surface area contributed by atoms with Gasteiger partial charge in [-0.3, -0.25) is 0 Å². The van der Waals surface area contributed by atoms with Gasteiger partial charge in [0.2, 0.25) is 0 Å². The van der Waals surface area contributed by atoms with Gasteiger partial charge < -0.3 is 4.98 Å². The molecule has 0 aliphatic carbocycles. The lowest BCUT2D eigenvalue weighted by atomic mass is 10.1. The molecule has 0 unspecified atom stereocenters. The summed E-state index contributed by atoms with van der Waals surface area (Å²) >= 11 is 5.32. The van der Waals surface area contributed by atoms with Gasteiger partial charge in [-0.15, -0.1) is 0 Å². The van der Waals surface area contributed by atoms with Gasteiger partial charge in [0.05, 0.1) is 5.69 Å². The van der Waals surface area contributed by atoms with Gasteiger partial charge in [-0.2, -0.15) is 0 Å². The van der Waals surface area contributed by atoms with Gasteiger partial charge in [0.25, 0.3) is 0 Å². The highest BCUT2D eigenvalue weighted by Gasteiger charge is 2.14. The summed E-state index contributed by atoms with van der Waals surface area (Å²) in [6.45, 7) is 0. The normalized spacial score (nSPS) is 11.0. The Morgan fingerprint density at radius 2 is 1.43 bits per heavy atom. The molecule has 0 amide bonds. The second-order valence-electron chi connectivity index (χ2n) is 5.30. The highest BCUT2D eigenvalue weighted by atomic mass is 79.9. The van der Waals surface area contributed by atoms with E-state index >= 15 is 0 Å². The van der Waals surface area contributed by atoms with Crippen molar-refractivity contribution in [1.29, 1.82) is 0 Å². The van der Waals surface area contributed by atoms with E-state index in [9.17, 15) is 0 Å². The molecule has 0 saturated heterocycles. The van der Waals surface area contributed by atoms with Crippen LogP contribution < -0.4 is 0 Å². The van der Waals surface area contributed by atoms with Crippen LogP contribution in [0.1, 0.15) is 0 Å². The number of aromatic amines is 1. The summed E-state index contributed by atoms with van der Waals surface area (Å²) in [5, 5.41) is 1.26. The standard InChI is InChI=1S/C20H14BrNS/c21-15-12-10-14(11-13-15)19-20(23-16-6-2-1-3-7-16)17-8-4-5-9-18(17)22-19/h1-13,22H. The maximum atomic E-state index is 3.58. The van der Waals surface area contributed by atoms with Crippen molar-refractivity contribution in [3.63, 3.8) is 0 Å². The average Bonchev–Trinajstić information content (AvgIpc) is 2.95. The van der Waals surface area contributed by atoms with E-state index in [0.29, 0.717) is 0 Å². The molecule has 3 aromatic carbocycles. The molecule has 1 N–H and O–H groups in total. The zero-order valence-corrected chi connectivity index (χ0v) is 14.7. The highest BCUT2D eigenvalue weighted by Crippen LogP contribution is 2.41. The van der Waals surface area contributed by atoms with Crippen LogP contribution in [0, 0.1) is 0 Å². The van der Waals surface area contributed by atoms with Crippen LogP contribution in [0.3, 0.4) is 0 Å². The average molecular weight is 380 g/mol. The summed E-state index contributed by atoms with van der Waals surface area (Å²) < 4.78 is 1.09. The van der Waals surface area contributed by atoms with E-state index in [2.05, 4.69) is 99.8 Å². The van der Waals surface area contributed by atoms with Crippen molar-refractivity contribution in [2.75, 3.05) is 0 Å². The number of rotatable bonds is 3. The quantitative estimate of drug-likeness (QED) is 0.416. The van der Waals surface area contributed by atoms with E-state index in [1.807, 2.05) is 0 Å². The lowest BCUT2D eigenvalue weighted by molar-refractivity contribution is 1.38. The van der Waals surface area contributed by atoms with E-state index in [0.717, 1.165) is 4.47 Å². The number of benzene rings is 3. The third kappa shape index (κ3) is 2.94. The molecule has 1 nitrogen and oxygen atoms in total. The molecule has 0 atom stereocenters. The van der Waals surface area contributed by atoms with Gasteiger partial charge >= 0.3 is 0 Å². The number of para-hydroxylation sites is 1. The number of nitrogens with one attached hydrogen (secondary N) is 1. The highest BCUT2D eigenvalue weighted by molar-refractivity contribution is 9.10. The molecule has 4 aromatic rings. The van der Waals surface area contributed by atoms with Crippen LogP contribution in [0.4, 0.5) is 0 Å². The lowest BCUT2D eigenvalue weighted by Gasteiger charge is -2.05. The van der Waals surface area contributed by atoms with Crippen LogP contribution in [-0.2, 0) is 0 Å². The minimum atomic E-state index is 1.09. The number of halogens is 1. The summed E-state index contributed by atoms with van der Waals surface area (Å²) in [5.41, 5.74) is 3.54. The second kappa shape index (κ2) is 6.26. The molecule has 0 radical (unpaired) electrons. The van der Waals surface area contributed by atoms with Crippen molar-refractivity contribution in [2.24, 2.45) is 0 Å². The van der Waals surface area contributed by atoms with Gasteiger partial charge in [0.15, 0.2) is 0 Å². The van der Waals surface area contributed by atoms with E-state index in [4.69, 9.17) is 0 Å². The molecule has 0 fully saturated rings. The van der Waals surface area contributed by atoms with Crippen LogP contribution in [0.25, 0.3) is 22.2 Å². The number of hydrogen-bond donors (Lipinski definition) is 1. The molecule has 0 bridgehead atoms. The predicted octanol–water partition coefficient (Wildman–Crippen LogP) is 6.75. The molecule has 0 spiro atoms. The maximum absolute atomic E-state index is 3.58. The molecule has 0 aliphatic rings. The Morgan fingerprint density at radius 3 is 2.22 bits per heavy atom.